The zero-order valence-electron chi connectivity index (χ0n) is 30.8. The summed E-state index contributed by atoms with van der Waals surface area (Å²) in [5, 5.41) is 3.76. The van der Waals surface area contributed by atoms with Crippen LogP contribution in [0.3, 0.4) is 0 Å². The van der Waals surface area contributed by atoms with Gasteiger partial charge in [0.05, 0.1) is 22.2 Å². The number of allylic oxidation sites excluding steroid dienone is 1. The molecule has 3 heterocycles. The van der Waals surface area contributed by atoms with Crippen molar-refractivity contribution in [2.24, 2.45) is 0 Å². The van der Waals surface area contributed by atoms with Crippen LogP contribution in [0.5, 0.6) is 0 Å². The molecule has 11 rings (SSSR count). The van der Waals surface area contributed by atoms with E-state index in [2.05, 4.69) is 209 Å². The van der Waals surface area contributed by atoms with Crippen LogP contribution in [0.15, 0.2) is 194 Å². The van der Waals surface area contributed by atoms with Crippen LogP contribution in [-0.4, -0.2) is 14.1 Å². The summed E-state index contributed by atoms with van der Waals surface area (Å²) >= 11 is 0. The highest BCUT2D eigenvalue weighted by molar-refractivity contribution is 6.10. The molecule has 56 heavy (non-hydrogen) atoms. The maximum absolute atomic E-state index is 5.33. The lowest BCUT2D eigenvalue weighted by Crippen LogP contribution is -2.00. The van der Waals surface area contributed by atoms with Gasteiger partial charge in [-0.3, -0.25) is 4.57 Å². The molecule has 0 fully saturated rings. The van der Waals surface area contributed by atoms with Crippen molar-refractivity contribution in [1.29, 1.82) is 0 Å². The maximum Gasteiger partial charge on any atom is 0.138 e. The van der Waals surface area contributed by atoms with Crippen LogP contribution < -0.4 is 0 Å². The van der Waals surface area contributed by atoms with Gasteiger partial charge in [0.2, 0.25) is 0 Å². The number of para-hydroxylation sites is 1. The van der Waals surface area contributed by atoms with Crippen molar-refractivity contribution in [2.45, 2.75) is 12.8 Å². The third-order valence-electron chi connectivity index (χ3n) is 11.4. The summed E-state index contributed by atoms with van der Waals surface area (Å²) in [6, 6.07) is 67.8. The molecule has 3 aromatic heterocycles. The quantitative estimate of drug-likeness (QED) is 0.168. The van der Waals surface area contributed by atoms with Crippen LogP contribution in [0.25, 0.3) is 94.9 Å². The van der Waals surface area contributed by atoms with Crippen LogP contribution in [0.2, 0.25) is 0 Å². The van der Waals surface area contributed by atoms with Gasteiger partial charge in [-0.2, -0.15) is 0 Å². The number of aryl methyl sites for hydroxylation is 1. The van der Waals surface area contributed by atoms with Crippen molar-refractivity contribution in [1.82, 2.24) is 14.1 Å². The van der Waals surface area contributed by atoms with Crippen molar-refractivity contribution < 1.29 is 0 Å². The molecule has 0 unspecified atom stereocenters. The Bertz CT molecular complexity index is 3040. The standard InChI is InChI=1S/C53H37N3/c1-4-14-36(15-5-1)38-24-28-43(29-25-38)55-49-22-12-10-20-44(49)46-32-40(26-30-51(46)55)41-27-31-52-47(33-41)45-21-11-13-23-50(45)56(52)53-35-42(37-16-6-2-7-17-37)34-48(54-53)39-18-8-3-9-19-39/h1-9,11-19,21-35H,10,20H2. The lowest BCUT2D eigenvalue weighted by atomic mass is 9.97. The van der Waals surface area contributed by atoms with E-state index < -0.39 is 0 Å². The third-order valence-corrected chi connectivity index (χ3v) is 11.4. The molecule has 0 aliphatic heterocycles. The molecule has 0 radical (unpaired) electrons. The highest BCUT2D eigenvalue weighted by atomic mass is 15.1. The molecule has 10 aromatic rings. The zero-order chi connectivity index (χ0) is 37.0. The second-order valence-corrected chi connectivity index (χ2v) is 14.7. The minimum atomic E-state index is 0.906. The molecule has 264 valence electrons. The Labute approximate surface area is 326 Å². The van der Waals surface area contributed by atoms with Crippen LogP contribution in [-0.2, 0) is 6.42 Å². The van der Waals surface area contributed by atoms with Crippen LogP contribution in [0, 0.1) is 0 Å². The normalized spacial score (nSPS) is 12.4. The van der Waals surface area contributed by atoms with Gasteiger partial charge in [0, 0.05) is 33.1 Å². The first kappa shape index (κ1) is 32.2. The number of pyridine rings is 1. The molecule has 1 aliphatic carbocycles. The lowest BCUT2D eigenvalue weighted by Gasteiger charge is -2.13. The number of nitrogens with zero attached hydrogens (tertiary/aromatic N) is 3. The molecule has 0 spiro atoms. The fraction of sp³-hybridized carbons (Fsp3) is 0.0377. The zero-order valence-corrected chi connectivity index (χ0v) is 30.8. The number of aromatic nitrogens is 3. The molecule has 0 N–H and O–H groups in total. The molecular formula is C53H37N3. The van der Waals surface area contributed by atoms with E-state index in [9.17, 15) is 0 Å². The van der Waals surface area contributed by atoms with E-state index in [0.29, 0.717) is 0 Å². The van der Waals surface area contributed by atoms with E-state index in [4.69, 9.17) is 4.98 Å². The van der Waals surface area contributed by atoms with Crippen molar-refractivity contribution in [3.8, 4) is 56.1 Å². The van der Waals surface area contributed by atoms with E-state index in [1.54, 1.807) is 0 Å². The number of rotatable bonds is 6. The van der Waals surface area contributed by atoms with Gasteiger partial charge in [-0.1, -0.05) is 140 Å². The molecule has 3 heteroatoms. The van der Waals surface area contributed by atoms with Crippen molar-refractivity contribution in [3.05, 3.63) is 205 Å². The molecule has 0 atom stereocenters. The Hall–Kier alpha value is -7.23. The number of hydrogen-bond acceptors (Lipinski definition) is 1. The fourth-order valence-corrected chi connectivity index (χ4v) is 8.71. The Kier molecular flexibility index (Phi) is 7.63. The van der Waals surface area contributed by atoms with E-state index in [1.165, 1.54) is 66.4 Å². The predicted octanol–water partition coefficient (Wildman–Crippen LogP) is 13.7. The number of fused-ring (bicyclic) bond motifs is 6. The first-order valence-corrected chi connectivity index (χ1v) is 19.4. The van der Waals surface area contributed by atoms with Crippen molar-refractivity contribution in [2.75, 3.05) is 0 Å². The van der Waals surface area contributed by atoms with Gasteiger partial charge < -0.3 is 4.57 Å². The Morgan fingerprint density at radius 1 is 0.393 bits per heavy atom. The summed E-state index contributed by atoms with van der Waals surface area (Å²) < 4.78 is 4.78. The van der Waals surface area contributed by atoms with Crippen LogP contribution in [0.4, 0.5) is 0 Å². The molecule has 0 amide bonds. The highest BCUT2D eigenvalue weighted by Crippen LogP contribution is 2.40. The van der Waals surface area contributed by atoms with Gasteiger partial charge in [0.1, 0.15) is 5.82 Å². The first-order chi connectivity index (χ1) is 27.8. The summed E-state index contributed by atoms with van der Waals surface area (Å²) in [6.07, 6.45) is 6.72. The van der Waals surface area contributed by atoms with Crippen LogP contribution >= 0.6 is 0 Å². The van der Waals surface area contributed by atoms with E-state index in [1.807, 2.05) is 0 Å². The average molecular weight is 716 g/mol. The van der Waals surface area contributed by atoms with Gasteiger partial charge in [0.25, 0.3) is 0 Å². The second kappa shape index (κ2) is 13.3. The molecular weight excluding hydrogens is 679 g/mol. The minimum Gasteiger partial charge on any atom is -0.310 e. The van der Waals surface area contributed by atoms with Crippen molar-refractivity contribution >= 4 is 38.8 Å². The van der Waals surface area contributed by atoms with Crippen LogP contribution in [0.1, 0.15) is 17.7 Å². The number of benzene rings is 7. The molecule has 7 aromatic carbocycles. The third kappa shape index (κ3) is 5.39. The summed E-state index contributed by atoms with van der Waals surface area (Å²) in [5.74, 6) is 0.906. The smallest absolute Gasteiger partial charge is 0.138 e. The molecule has 0 bridgehead atoms. The fourth-order valence-electron chi connectivity index (χ4n) is 8.71. The lowest BCUT2D eigenvalue weighted by molar-refractivity contribution is 0.967. The molecule has 3 nitrogen and oxygen atoms in total. The van der Waals surface area contributed by atoms with Gasteiger partial charge >= 0.3 is 0 Å². The summed E-state index contributed by atoms with van der Waals surface area (Å²) in [7, 11) is 0. The van der Waals surface area contributed by atoms with E-state index >= 15 is 0 Å². The Morgan fingerprint density at radius 2 is 0.946 bits per heavy atom. The summed E-state index contributed by atoms with van der Waals surface area (Å²) in [4.78, 5) is 5.33. The predicted molar refractivity (Wildman–Crippen MR) is 235 cm³/mol. The molecule has 0 saturated carbocycles. The second-order valence-electron chi connectivity index (χ2n) is 14.7. The molecule has 0 saturated heterocycles. The largest absolute Gasteiger partial charge is 0.310 e. The maximum atomic E-state index is 5.33. The van der Waals surface area contributed by atoms with E-state index in [0.717, 1.165) is 46.5 Å². The SMILES string of the molecule is C1=Cc2c(c3cc(-c4ccc5c(c4)c4ccccc4n5-c4cc(-c5ccccc5)cc(-c5ccccc5)n4)ccc3n2-c2ccc(-c3ccccc3)cc2)CC1. The minimum absolute atomic E-state index is 0.906. The molecule has 1 aliphatic rings. The number of hydrogen-bond donors (Lipinski definition) is 0. The Morgan fingerprint density at radius 3 is 1.66 bits per heavy atom. The first-order valence-electron chi connectivity index (χ1n) is 19.4. The highest BCUT2D eigenvalue weighted by Gasteiger charge is 2.21. The van der Waals surface area contributed by atoms with Gasteiger partial charge in [0.15, 0.2) is 0 Å². The van der Waals surface area contributed by atoms with E-state index in [-0.39, 0.29) is 0 Å². The monoisotopic (exact) mass is 715 g/mol. The summed E-state index contributed by atoms with van der Waals surface area (Å²) in [6.45, 7) is 0. The van der Waals surface area contributed by atoms with Crippen molar-refractivity contribution in [3.63, 3.8) is 0 Å². The van der Waals surface area contributed by atoms with Gasteiger partial charge in [-0.05, 0) is 112 Å². The Balaban J connectivity index is 1.05. The van der Waals surface area contributed by atoms with Gasteiger partial charge in [-0.25, -0.2) is 4.98 Å². The average Bonchev–Trinajstić information content (AvgIpc) is 3.79. The topological polar surface area (TPSA) is 22.8 Å². The van der Waals surface area contributed by atoms with Gasteiger partial charge in [-0.15, -0.1) is 0 Å². The summed E-state index contributed by atoms with van der Waals surface area (Å²) in [5.41, 5.74) is 16.7.